The van der Waals surface area contributed by atoms with Crippen molar-refractivity contribution in [1.82, 2.24) is 15.3 Å². The number of hydrogen-bond acceptors (Lipinski definition) is 3. The van der Waals surface area contributed by atoms with E-state index in [1.165, 1.54) is 38.5 Å². The molecule has 1 heterocycles. The van der Waals surface area contributed by atoms with Crippen molar-refractivity contribution in [3.8, 4) is 0 Å². The number of nitrogens with one attached hydrogen (secondary N) is 1. The zero-order chi connectivity index (χ0) is 11.5. The maximum atomic E-state index is 4.21. The lowest BCUT2D eigenvalue weighted by atomic mass is 10.1. The zero-order valence-corrected chi connectivity index (χ0v) is 10.3. The summed E-state index contributed by atoms with van der Waals surface area (Å²) in [5.74, 6) is 0. The summed E-state index contributed by atoms with van der Waals surface area (Å²) in [7, 11) is 0. The Morgan fingerprint density at radius 1 is 1.06 bits per heavy atom. The van der Waals surface area contributed by atoms with Gasteiger partial charge in [-0.3, -0.25) is 9.97 Å². The molecular weight excluding hydrogens is 198 g/mol. The van der Waals surface area contributed by atoms with Gasteiger partial charge in [0.1, 0.15) is 0 Å². The molecule has 1 aromatic rings. The molecule has 0 unspecified atom stereocenters. The van der Waals surface area contributed by atoms with Crippen LogP contribution in [0.2, 0.25) is 0 Å². The minimum Gasteiger partial charge on any atom is -0.311 e. The van der Waals surface area contributed by atoms with Gasteiger partial charge in [0, 0.05) is 25.1 Å². The molecular formula is C13H23N3. The molecule has 0 bridgehead atoms. The molecule has 0 saturated heterocycles. The lowest BCUT2D eigenvalue weighted by molar-refractivity contribution is 0.569. The highest BCUT2D eigenvalue weighted by molar-refractivity contribution is 4.93. The van der Waals surface area contributed by atoms with Gasteiger partial charge in [-0.25, -0.2) is 0 Å². The second-order valence-electron chi connectivity index (χ2n) is 4.14. The first kappa shape index (κ1) is 13.1. The fraction of sp³-hybridized carbons (Fsp3) is 0.692. The van der Waals surface area contributed by atoms with Gasteiger partial charge in [0.2, 0.25) is 0 Å². The Hall–Kier alpha value is -0.960. The molecule has 1 aromatic heterocycles. The number of unbranched alkanes of at least 4 members (excludes halogenated alkanes) is 5. The van der Waals surface area contributed by atoms with Crippen molar-refractivity contribution < 1.29 is 0 Å². The largest absolute Gasteiger partial charge is 0.311 e. The van der Waals surface area contributed by atoms with Gasteiger partial charge in [0.05, 0.1) is 5.69 Å². The third-order valence-electron chi connectivity index (χ3n) is 2.63. The van der Waals surface area contributed by atoms with E-state index in [0.717, 1.165) is 18.8 Å². The van der Waals surface area contributed by atoms with E-state index in [4.69, 9.17) is 0 Å². The molecule has 1 rings (SSSR count). The summed E-state index contributed by atoms with van der Waals surface area (Å²) in [6.07, 6.45) is 13.3. The maximum absolute atomic E-state index is 4.21. The molecule has 0 aromatic carbocycles. The van der Waals surface area contributed by atoms with E-state index in [9.17, 15) is 0 Å². The normalized spacial score (nSPS) is 10.6. The SMILES string of the molecule is CCCCCCCCNCc1cnccn1. The van der Waals surface area contributed by atoms with E-state index in [1.807, 2.05) is 6.20 Å². The molecule has 1 N–H and O–H groups in total. The minimum absolute atomic E-state index is 0.836. The van der Waals surface area contributed by atoms with Gasteiger partial charge in [-0.05, 0) is 13.0 Å². The third kappa shape index (κ3) is 6.51. The Balaban J connectivity index is 1.89. The quantitative estimate of drug-likeness (QED) is 0.651. The molecule has 0 fully saturated rings. The summed E-state index contributed by atoms with van der Waals surface area (Å²) in [4.78, 5) is 8.24. The Kier molecular flexibility index (Phi) is 7.60. The molecule has 0 amide bonds. The second kappa shape index (κ2) is 9.28. The van der Waals surface area contributed by atoms with Crippen molar-refractivity contribution in [2.45, 2.75) is 52.0 Å². The van der Waals surface area contributed by atoms with Gasteiger partial charge in [-0.2, -0.15) is 0 Å². The first-order valence-electron chi connectivity index (χ1n) is 6.39. The average molecular weight is 221 g/mol. The zero-order valence-electron chi connectivity index (χ0n) is 10.3. The monoisotopic (exact) mass is 221 g/mol. The van der Waals surface area contributed by atoms with Crippen LogP contribution in [-0.2, 0) is 6.54 Å². The molecule has 0 aliphatic rings. The van der Waals surface area contributed by atoms with Gasteiger partial charge in [-0.1, -0.05) is 39.0 Å². The Morgan fingerprint density at radius 2 is 1.88 bits per heavy atom. The highest BCUT2D eigenvalue weighted by Crippen LogP contribution is 2.04. The van der Waals surface area contributed by atoms with Crippen LogP contribution in [0.25, 0.3) is 0 Å². The Labute approximate surface area is 98.7 Å². The van der Waals surface area contributed by atoms with Gasteiger partial charge >= 0.3 is 0 Å². The number of aromatic nitrogens is 2. The average Bonchev–Trinajstić information content (AvgIpc) is 2.34. The molecule has 0 aliphatic heterocycles. The third-order valence-corrected chi connectivity index (χ3v) is 2.63. The van der Waals surface area contributed by atoms with Crippen molar-refractivity contribution in [2.24, 2.45) is 0 Å². The van der Waals surface area contributed by atoms with Crippen LogP contribution in [0.15, 0.2) is 18.6 Å². The second-order valence-corrected chi connectivity index (χ2v) is 4.14. The molecule has 3 nitrogen and oxygen atoms in total. The summed E-state index contributed by atoms with van der Waals surface area (Å²) >= 11 is 0. The van der Waals surface area contributed by atoms with E-state index in [-0.39, 0.29) is 0 Å². The van der Waals surface area contributed by atoms with Crippen LogP contribution in [0.1, 0.15) is 51.1 Å². The van der Waals surface area contributed by atoms with Gasteiger partial charge in [0.15, 0.2) is 0 Å². The smallest absolute Gasteiger partial charge is 0.0724 e. The molecule has 0 saturated carbocycles. The molecule has 90 valence electrons. The van der Waals surface area contributed by atoms with E-state index >= 15 is 0 Å². The van der Waals surface area contributed by atoms with Crippen molar-refractivity contribution in [3.05, 3.63) is 24.3 Å². The van der Waals surface area contributed by atoms with Crippen molar-refractivity contribution in [1.29, 1.82) is 0 Å². The maximum Gasteiger partial charge on any atom is 0.0724 e. The number of nitrogens with zero attached hydrogens (tertiary/aromatic N) is 2. The molecule has 0 atom stereocenters. The van der Waals surface area contributed by atoms with Crippen molar-refractivity contribution in [2.75, 3.05) is 6.54 Å². The van der Waals surface area contributed by atoms with E-state index in [2.05, 4.69) is 22.2 Å². The van der Waals surface area contributed by atoms with E-state index in [0.29, 0.717) is 0 Å². The summed E-state index contributed by atoms with van der Waals surface area (Å²) in [5, 5.41) is 3.39. The summed E-state index contributed by atoms with van der Waals surface area (Å²) in [5.41, 5.74) is 1.02. The first-order chi connectivity index (χ1) is 7.93. The first-order valence-corrected chi connectivity index (χ1v) is 6.39. The fourth-order valence-corrected chi connectivity index (χ4v) is 1.67. The van der Waals surface area contributed by atoms with E-state index in [1.54, 1.807) is 12.4 Å². The molecule has 16 heavy (non-hydrogen) atoms. The van der Waals surface area contributed by atoms with Gasteiger partial charge in [-0.15, -0.1) is 0 Å². The van der Waals surface area contributed by atoms with Crippen molar-refractivity contribution >= 4 is 0 Å². The van der Waals surface area contributed by atoms with Gasteiger partial charge < -0.3 is 5.32 Å². The van der Waals surface area contributed by atoms with Crippen LogP contribution in [-0.4, -0.2) is 16.5 Å². The van der Waals surface area contributed by atoms with Gasteiger partial charge in [0.25, 0.3) is 0 Å². The van der Waals surface area contributed by atoms with Crippen LogP contribution >= 0.6 is 0 Å². The molecule has 0 spiro atoms. The molecule has 0 radical (unpaired) electrons. The van der Waals surface area contributed by atoms with Crippen LogP contribution in [0, 0.1) is 0 Å². The molecule has 3 heteroatoms. The highest BCUT2D eigenvalue weighted by atomic mass is 14.9. The Bertz CT molecular complexity index is 249. The number of rotatable bonds is 9. The predicted molar refractivity (Wildman–Crippen MR) is 67.1 cm³/mol. The minimum atomic E-state index is 0.836. The van der Waals surface area contributed by atoms with Crippen LogP contribution < -0.4 is 5.32 Å². The summed E-state index contributed by atoms with van der Waals surface area (Å²) in [6.45, 7) is 4.17. The number of hydrogen-bond donors (Lipinski definition) is 1. The summed E-state index contributed by atoms with van der Waals surface area (Å²) < 4.78 is 0. The predicted octanol–water partition coefficient (Wildman–Crippen LogP) is 2.93. The lowest BCUT2D eigenvalue weighted by Crippen LogP contribution is -2.15. The lowest BCUT2D eigenvalue weighted by Gasteiger charge is -2.03. The molecule has 0 aliphatic carbocycles. The van der Waals surface area contributed by atoms with Crippen LogP contribution in [0.4, 0.5) is 0 Å². The highest BCUT2D eigenvalue weighted by Gasteiger charge is 1.93. The topological polar surface area (TPSA) is 37.8 Å². The fourth-order valence-electron chi connectivity index (χ4n) is 1.67. The Morgan fingerprint density at radius 3 is 2.62 bits per heavy atom. The van der Waals surface area contributed by atoms with E-state index < -0.39 is 0 Å². The van der Waals surface area contributed by atoms with Crippen LogP contribution in [0.3, 0.4) is 0 Å². The standard InChI is InChI=1S/C13H23N3/c1-2-3-4-5-6-7-8-14-11-13-12-15-9-10-16-13/h9-10,12,14H,2-8,11H2,1H3. The van der Waals surface area contributed by atoms with Crippen LogP contribution in [0.5, 0.6) is 0 Å². The summed E-state index contributed by atoms with van der Waals surface area (Å²) in [6, 6.07) is 0. The van der Waals surface area contributed by atoms with Crippen molar-refractivity contribution in [3.63, 3.8) is 0 Å².